The zero-order valence-electron chi connectivity index (χ0n) is 8.68. The molecule has 2 aromatic carbocycles. The second-order valence-corrected chi connectivity index (χ2v) is 4.11. The Morgan fingerprint density at radius 1 is 1.00 bits per heavy atom. The normalized spacial score (nSPS) is 12.6. The Morgan fingerprint density at radius 2 is 1.81 bits per heavy atom. The van der Waals surface area contributed by atoms with Crippen LogP contribution in [0.1, 0.15) is 16.7 Å². The maximum Gasteiger partial charge on any atom is 0.135 e. The summed E-state index contributed by atoms with van der Waals surface area (Å²) in [6.07, 6.45) is 0.932. The summed E-state index contributed by atoms with van der Waals surface area (Å²) in [4.78, 5) is 0. The molecule has 1 heterocycles. The topological polar surface area (TPSA) is 9.23 Å². The Labute approximate surface area is 100 Å². The molecule has 1 aliphatic rings. The van der Waals surface area contributed by atoms with Gasteiger partial charge in [0.15, 0.2) is 0 Å². The first-order chi connectivity index (χ1) is 7.88. The Balaban J connectivity index is 2.12. The number of fused-ring (bicyclic) bond motifs is 2. The minimum Gasteiger partial charge on any atom is -0.456 e. The lowest BCUT2D eigenvalue weighted by Gasteiger charge is -2.21. The highest BCUT2D eigenvalue weighted by Crippen LogP contribution is 2.39. The Hall–Kier alpha value is -1.41. The summed E-state index contributed by atoms with van der Waals surface area (Å²) in [6.45, 7) is 0. The van der Waals surface area contributed by atoms with E-state index in [9.17, 15) is 0 Å². The Bertz CT molecular complexity index is 534. The molecule has 0 atom stereocenters. The molecule has 0 amide bonds. The lowest BCUT2D eigenvalue weighted by atomic mass is 9.98. The van der Waals surface area contributed by atoms with E-state index in [0.29, 0.717) is 0 Å². The summed E-state index contributed by atoms with van der Waals surface area (Å²) in [5.41, 5.74) is 3.50. The molecule has 0 saturated carbocycles. The van der Waals surface area contributed by atoms with Crippen molar-refractivity contribution in [3.8, 4) is 11.5 Å². The first-order valence-electron chi connectivity index (χ1n) is 5.23. The molecule has 0 spiro atoms. The molecule has 0 aliphatic carbocycles. The SMILES string of the molecule is S[CH]c1cccc2c1Oc1ccccc1C2. The molecule has 0 saturated heterocycles. The van der Waals surface area contributed by atoms with Crippen molar-refractivity contribution in [2.45, 2.75) is 6.42 Å². The van der Waals surface area contributed by atoms with Gasteiger partial charge < -0.3 is 4.74 Å². The van der Waals surface area contributed by atoms with Crippen molar-refractivity contribution in [3.05, 3.63) is 64.9 Å². The number of thiol groups is 1. The number of para-hydroxylation sites is 2. The van der Waals surface area contributed by atoms with Gasteiger partial charge in [0.2, 0.25) is 0 Å². The van der Waals surface area contributed by atoms with E-state index in [1.807, 2.05) is 30.3 Å². The summed E-state index contributed by atoms with van der Waals surface area (Å²) in [5, 5.41) is 0. The lowest BCUT2D eigenvalue weighted by Crippen LogP contribution is -2.04. The standard InChI is InChI=1S/C14H11OS/c16-9-12-6-3-5-11-8-10-4-1-2-7-13(10)15-14(11)12/h1-7,9,16H,8H2. The van der Waals surface area contributed by atoms with E-state index in [-0.39, 0.29) is 0 Å². The van der Waals surface area contributed by atoms with Crippen LogP contribution in [0.25, 0.3) is 0 Å². The van der Waals surface area contributed by atoms with Gasteiger partial charge in [0.05, 0.1) is 0 Å². The molecule has 79 valence electrons. The van der Waals surface area contributed by atoms with Crippen molar-refractivity contribution in [1.29, 1.82) is 0 Å². The smallest absolute Gasteiger partial charge is 0.135 e. The van der Waals surface area contributed by atoms with Crippen molar-refractivity contribution >= 4 is 12.6 Å². The largest absolute Gasteiger partial charge is 0.456 e. The zero-order chi connectivity index (χ0) is 11.0. The van der Waals surface area contributed by atoms with E-state index in [1.165, 1.54) is 11.1 Å². The first kappa shape index (κ1) is 9.79. The van der Waals surface area contributed by atoms with Crippen LogP contribution in [0.4, 0.5) is 0 Å². The van der Waals surface area contributed by atoms with Gasteiger partial charge in [-0.1, -0.05) is 36.4 Å². The molecule has 0 N–H and O–H groups in total. The predicted octanol–water partition coefficient (Wildman–Crippen LogP) is 3.82. The van der Waals surface area contributed by atoms with Crippen molar-refractivity contribution in [2.24, 2.45) is 0 Å². The quantitative estimate of drug-likeness (QED) is 0.622. The van der Waals surface area contributed by atoms with Crippen LogP contribution in [0.3, 0.4) is 0 Å². The highest BCUT2D eigenvalue weighted by Gasteiger charge is 2.18. The average molecular weight is 227 g/mol. The zero-order valence-corrected chi connectivity index (χ0v) is 9.58. The van der Waals surface area contributed by atoms with E-state index in [4.69, 9.17) is 4.74 Å². The maximum atomic E-state index is 5.92. The van der Waals surface area contributed by atoms with Crippen LogP contribution in [0, 0.1) is 5.75 Å². The summed E-state index contributed by atoms with van der Waals surface area (Å²) < 4.78 is 5.92. The van der Waals surface area contributed by atoms with E-state index in [1.54, 1.807) is 5.75 Å². The number of hydrogen-bond donors (Lipinski definition) is 1. The van der Waals surface area contributed by atoms with Crippen molar-refractivity contribution in [3.63, 3.8) is 0 Å². The molecule has 0 unspecified atom stereocenters. The summed E-state index contributed by atoms with van der Waals surface area (Å²) in [7, 11) is 0. The maximum absolute atomic E-state index is 5.92. The molecule has 16 heavy (non-hydrogen) atoms. The summed E-state index contributed by atoms with van der Waals surface area (Å²) in [5.74, 6) is 3.68. The molecule has 2 aromatic rings. The summed E-state index contributed by atoms with van der Waals surface area (Å²) in [6, 6.07) is 14.3. The molecule has 0 bridgehead atoms. The van der Waals surface area contributed by atoms with Crippen molar-refractivity contribution < 1.29 is 4.74 Å². The van der Waals surface area contributed by atoms with Crippen LogP contribution >= 0.6 is 12.6 Å². The van der Waals surface area contributed by atoms with Gasteiger partial charge in [0.25, 0.3) is 0 Å². The fourth-order valence-corrected chi connectivity index (χ4v) is 2.24. The van der Waals surface area contributed by atoms with Crippen LogP contribution in [0.2, 0.25) is 0 Å². The number of ether oxygens (including phenoxy) is 1. The van der Waals surface area contributed by atoms with E-state index < -0.39 is 0 Å². The third kappa shape index (κ3) is 1.50. The molecule has 1 nitrogen and oxygen atoms in total. The highest BCUT2D eigenvalue weighted by atomic mass is 32.1. The van der Waals surface area contributed by atoms with E-state index in [2.05, 4.69) is 24.8 Å². The Morgan fingerprint density at radius 3 is 2.69 bits per heavy atom. The van der Waals surface area contributed by atoms with Crippen LogP contribution in [-0.4, -0.2) is 0 Å². The van der Waals surface area contributed by atoms with Crippen molar-refractivity contribution in [2.75, 3.05) is 0 Å². The van der Waals surface area contributed by atoms with Gasteiger partial charge in [-0.05, 0) is 17.2 Å². The molecule has 3 rings (SSSR count). The minimum absolute atomic E-state index is 0.932. The van der Waals surface area contributed by atoms with Crippen LogP contribution < -0.4 is 4.74 Å². The van der Waals surface area contributed by atoms with Crippen LogP contribution in [0.15, 0.2) is 42.5 Å². The number of benzene rings is 2. The average Bonchev–Trinajstić information content (AvgIpc) is 2.35. The lowest BCUT2D eigenvalue weighted by molar-refractivity contribution is 0.458. The third-order valence-electron chi connectivity index (χ3n) is 2.83. The molecule has 2 heteroatoms. The second-order valence-electron chi connectivity index (χ2n) is 3.85. The minimum atomic E-state index is 0.932. The Kier molecular flexibility index (Phi) is 2.37. The molecule has 1 radical (unpaired) electrons. The number of rotatable bonds is 1. The van der Waals surface area contributed by atoms with Gasteiger partial charge in [-0.25, -0.2) is 0 Å². The second kappa shape index (κ2) is 3.87. The summed E-state index contributed by atoms with van der Waals surface area (Å²) >= 11 is 4.21. The van der Waals surface area contributed by atoms with Gasteiger partial charge in [-0.2, -0.15) is 12.6 Å². The molecule has 0 fully saturated rings. The third-order valence-corrected chi connectivity index (χ3v) is 3.11. The van der Waals surface area contributed by atoms with E-state index >= 15 is 0 Å². The molecule has 1 aliphatic heterocycles. The van der Waals surface area contributed by atoms with Gasteiger partial charge in [0, 0.05) is 17.7 Å². The fourth-order valence-electron chi connectivity index (χ4n) is 2.03. The first-order valence-corrected chi connectivity index (χ1v) is 5.75. The monoisotopic (exact) mass is 227 g/mol. The molecule has 0 aromatic heterocycles. The molecular formula is C14H11OS. The number of hydrogen-bond acceptors (Lipinski definition) is 2. The fraction of sp³-hybridized carbons (Fsp3) is 0.0714. The van der Waals surface area contributed by atoms with Gasteiger partial charge in [-0.3, -0.25) is 0 Å². The van der Waals surface area contributed by atoms with Gasteiger partial charge in [0.1, 0.15) is 11.5 Å². The van der Waals surface area contributed by atoms with Crippen LogP contribution in [0.5, 0.6) is 11.5 Å². The van der Waals surface area contributed by atoms with Crippen LogP contribution in [-0.2, 0) is 6.42 Å². The van der Waals surface area contributed by atoms with E-state index in [0.717, 1.165) is 23.5 Å². The highest BCUT2D eigenvalue weighted by molar-refractivity contribution is 7.82. The predicted molar refractivity (Wildman–Crippen MR) is 68.2 cm³/mol. The van der Waals surface area contributed by atoms with Gasteiger partial charge in [-0.15, -0.1) is 0 Å². The van der Waals surface area contributed by atoms with Gasteiger partial charge >= 0.3 is 0 Å². The van der Waals surface area contributed by atoms with Crippen molar-refractivity contribution in [1.82, 2.24) is 0 Å². The molecular weight excluding hydrogens is 216 g/mol.